The van der Waals surface area contributed by atoms with Crippen LogP contribution in [0.15, 0.2) is 150 Å². The lowest BCUT2D eigenvalue weighted by Gasteiger charge is -2.13. The fourth-order valence-electron chi connectivity index (χ4n) is 6.24. The van der Waals surface area contributed by atoms with Gasteiger partial charge in [0.05, 0.1) is 5.52 Å². The zero-order valence-corrected chi connectivity index (χ0v) is 24.1. The first-order valence-electron chi connectivity index (χ1n) is 14.9. The van der Waals surface area contributed by atoms with Gasteiger partial charge in [0.15, 0.2) is 17.5 Å². The minimum atomic E-state index is 0.580. The van der Waals surface area contributed by atoms with Gasteiger partial charge in [-0.05, 0) is 46.2 Å². The minimum absolute atomic E-state index is 0.580. The Morgan fingerprint density at radius 2 is 1.02 bits per heavy atom. The Balaban J connectivity index is 1.32. The molecule has 0 N–H and O–H groups in total. The van der Waals surface area contributed by atoms with Gasteiger partial charge < -0.3 is 4.42 Å². The van der Waals surface area contributed by atoms with Gasteiger partial charge >= 0.3 is 0 Å². The van der Waals surface area contributed by atoms with Crippen LogP contribution >= 0.6 is 0 Å². The molecule has 0 unspecified atom stereocenters. The van der Waals surface area contributed by atoms with Crippen molar-refractivity contribution < 1.29 is 4.42 Å². The summed E-state index contributed by atoms with van der Waals surface area (Å²) in [5.74, 6) is 1.81. The van der Waals surface area contributed by atoms with Crippen molar-refractivity contribution in [1.82, 2.24) is 19.9 Å². The molecule has 3 aromatic heterocycles. The first kappa shape index (κ1) is 25.3. The maximum Gasteiger partial charge on any atom is 0.227 e. The third-order valence-electron chi connectivity index (χ3n) is 8.35. The normalized spacial score (nSPS) is 11.6. The van der Waals surface area contributed by atoms with Crippen LogP contribution in [0.3, 0.4) is 0 Å². The number of nitrogens with zero attached hydrogens (tertiary/aromatic N) is 4. The zero-order valence-electron chi connectivity index (χ0n) is 24.1. The molecule has 0 amide bonds. The predicted octanol–water partition coefficient (Wildman–Crippen LogP) is 10.1. The minimum Gasteiger partial charge on any atom is -0.438 e. The molecule has 9 aromatic rings. The second kappa shape index (κ2) is 10.2. The van der Waals surface area contributed by atoms with Crippen molar-refractivity contribution in [1.29, 1.82) is 0 Å². The average Bonchev–Trinajstić information content (AvgIpc) is 3.48. The van der Waals surface area contributed by atoms with Crippen LogP contribution in [0.2, 0.25) is 0 Å². The van der Waals surface area contributed by atoms with Gasteiger partial charge in [0, 0.05) is 32.8 Å². The highest BCUT2D eigenvalue weighted by molar-refractivity contribution is 6.13. The van der Waals surface area contributed by atoms with Crippen molar-refractivity contribution in [2.24, 2.45) is 0 Å². The molecule has 0 atom stereocenters. The van der Waals surface area contributed by atoms with E-state index in [1.54, 1.807) is 0 Å². The maximum absolute atomic E-state index is 6.28. The number of rotatable bonds is 4. The topological polar surface area (TPSA) is 64.7 Å². The van der Waals surface area contributed by atoms with Crippen LogP contribution in [0.25, 0.3) is 89.0 Å². The van der Waals surface area contributed by atoms with Crippen LogP contribution in [-0.4, -0.2) is 19.9 Å². The van der Waals surface area contributed by atoms with E-state index in [1.807, 2.05) is 66.7 Å². The summed E-state index contributed by atoms with van der Waals surface area (Å²) >= 11 is 0. The van der Waals surface area contributed by atoms with E-state index in [0.29, 0.717) is 23.2 Å². The molecule has 0 aliphatic carbocycles. The first-order chi connectivity index (χ1) is 22.3. The molecular formula is C40H24N4O. The largest absolute Gasteiger partial charge is 0.438 e. The molecule has 0 bridgehead atoms. The fourth-order valence-corrected chi connectivity index (χ4v) is 6.24. The second-order valence-electron chi connectivity index (χ2n) is 11.1. The molecule has 5 heteroatoms. The molecular weight excluding hydrogens is 552 g/mol. The summed E-state index contributed by atoms with van der Waals surface area (Å²) in [6.07, 6.45) is 0. The van der Waals surface area contributed by atoms with Crippen molar-refractivity contribution >= 4 is 43.7 Å². The highest BCUT2D eigenvalue weighted by atomic mass is 16.3. The molecule has 0 fully saturated rings. The molecule has 0 aliphatic rings. The monoisotopic (exact) mass is 576 g/mol. The van der Waals surface area contributed by atoms with Crippen LogP contribution < -0.4 is 0 Å². The number of fused-ring (bicyclic) bond motifs is 5. The van der Waals surface area contributed by atoms with Gasteiger partial charge in [0.1, 0.15) is 5.58 Å². The van der Waals surface area contributed by atoms with E-state index in [0.717, 1.165) is 54.7 Å². The van der Waals surface area contributed by atoms with Crippen LogP contribution in [0.4, 0.5) is 0 Å². The van der Waals surface area contributed by atoms with E-state index in [-0.39, 0.29) is 0 Å². The molecule has 9 rings (SSSR count). The Bertz CT molecular complexity index is 2540. The Hall–Kier alpha value is -6.20. The van der Waals surface area contributed by atoms with Gasteiger partial charge in [-0.3, -0.25) is 0 Å². The van der Waals surface area contributed by atoms with Crippen LogP contribution in [-0.2, 0) is 0 Å². The van der Waals surface area contributed by atoms with E-state index >= 15 is 0 Å². The summed E-state index contributed by atoms with van der Waals surface area (Å²) in [4.78, 5) is 20.1. The molecule has 0 radical (unpaired) electrons. The summed E-state index contributed by atoms with van der Waals surface area (Å²) in [6.45, 7) is 0. The molecule has 210 valence electrons. The van der Waals surface area contributed by atoms with Gasteiger partial charge in [-0.15, -0.1) is 0 Å². The van der Waals surface area contributed by atoms with E-state index in [2.05, 4.69) is 78.9 Å². The van der Waals surface area contributed by atoms with Crippen molar-refractivity contribution in [2.75, 3.05) is 0 Å². The smallest absolute Gasteiger partial charge is 0.227 e. The number of furan rings is 1. The highest BCUT2D eigenvalue weighted by Crippen LogP contribution is 2.39. The van der Waals surface area contributed by atoms with Crippen LogP contribution in [0.5, 0.6) is 0 Å². The standard InChI is InChI=1S/C40H24N4O/c1-3-12-25(13-4-1)28-22-23-31(30-18-9-8-17-29(28)30)38-42-37(26-14-5-2-6-15-26)43-39(44-38)32-19-11-21-35-36(32)33-24-27-16-7-10-20-34(27)41-40(33)45-35/h1-24H. The van der Waals surface area contributed by atoms with E-state index in [4.69, 9.17) is 24.4 Å². The number of aromatic nitrogens is 4. The number of hydrogen-bond donors (Lipinski definition) is 0. The fraction of sp³-hybridized carbons (Fsp3) is 0. The number of benzene rings is 6. The number of pyridine rings is 1. The molecule has 0 spiro atoms. The quantitative estimate of drug-likeness (QED) is 0.209. The van der Waals surface area contributed by atoms with Crippen molar-refractivity contribution in [3.05, 3.63) is 146 Å². The Labute approximate surface area is 258 Å². The lowest BCUT2D eigenvalue weighted by atomic mass is 9.94. The summed E-state index contributed by atoms with van der Waals surface area (Å²) < 4.78 is 6.28. The van der Waals surface area contributed by atoms with Crippen molar-refractivity contribution in [3.8, 4) is 45.3 Å². The summed E-state index contributed by atoms with van der Waals surface area (Å²) in [6, 6.07) is 49.5. The van der Waals surface area contributed by atoms with Crippen LogP contribution in [0.1, 0.15) is 0 Å². The average molecular weight is 577 g/mol. The molecule has 45 heavy (non-hydrogen) atoms. The second-order valence-corrected chi connectivity index (χ2v) is 11.1. The maximum atomic E-state index is 6.28. The van der Waals surface area contributed by atoms with Gasteiger partial charge in [-0.2, -0.15) is 0 Å². The lowest BCUT2D eigenvalue weighted by Crippen LogP contribution is -2.01. The molecule has 5 nitrogen and oxygen atoms in total. The first-order valence-corrected chi connectivity index (χ1v) is 14.9. The van der Waals surface area contributed by atoms with Crippen molar-refractivity contribution in [3.63, 3.8) is 0 Å². The van der Waals surface area contributed by atoms with Gasteiger partial charge in [0.2, 0.25) is 5.71 Å². The molecule has 0 saturated heterocycles. The number of para-hydroxylation sites is 1. The van der Waals surface area contributed by atoms with Gasteiger partial charge in [-0.25, -0.2) is 19.9 Å². The Morgan fingerprint density at radius 3 is 1.82 bits per heavy atom. The highest BCUT2D eigenvalue weighted by Gasteiger charge is 2.20. The van der Waals surface area contributed by atoms with E-state index in [9.17, 15) is 0 Å². The summed E-state index contributed by atoms with van der Waals surface area (Å²) in [5, 5.41) is 5.14. The summed E-state index contributed by atoms with van der Waals surface area (Å²) in [7, 11) is 0. The third-order valence-corrected chi connectivity index (χ3v) is 8.35. The Kier molecular flexibility index (Phi) is 5.74. The number of hydrogen-bond acceptors (Lipinski definition) is 5. The van der Waals surface area contributed by atoms with E-state index < -0.39 is 0 Å². The van der Waals surface area contributed by atoms with Crippen LogP contribution in [0, 0.1) is 0 Å². The molecule has 0 saturated carbocycles. The van der Waals surface area contributed by atoms with Gasteiger partial charge in [0.25, 0.3) is 0 Å². The van der Waals surface area contributed by atoms with E-state index in [1.165, 1.54) is 11.1 Å². The molecule has 3 heterocycles. The molecule has 6 aromatic carbocycles. The zero-order chi connectivity index (χ0) is 29.7. The lowest BCUT2D eigenvalue weighted by molar-refractivity contribution is 0.656. The molecule has 0 aliphatic heterocycles. The Morgan fingerprint density at radius 1 is 0.400 bits per heavy atom. The third kappa shape index (κ3) is 4.25. The predicted molar refractivity (Wildman–Crippen MR) is 182 cm³/mol. The summed E-state index contributed by atoms with van der Waals surface area (Å²) in [5.41, 5.74) is 7.30. The van der Waals surface area contributed by atoms with Crippen molar-refractivity contribution in [2.45, 2.75) is 0 Å². The SMILES string of the molecule is c1ccc(-c2nc(-c3ccc(-c4ccccc4)c4ccccc34)nc(-c3cccc4oc5nc6ccccc6cc5c34)n2)cc1. The van der Waals surface area contributed by atoms with Gasteiger partial charge in [-0.1, -0.05) is 121 Å².